The first-order valence-corrected chi connectivity index (χ1v) is 7.44. The molecule has 1 aromatic heterocycles. The number of aromatic nitrogens is 4. The van der Waals surface area contributed by atoms with Crippen molar-refractivity contribution in [3.05, 3.63) is 51.2 Å². The SMILES string of the molecule is Nc1ccc(-c2nnnn2-c2ccc(Br)cc2Br)cc1F. The van der Waals surface area contributed by atoms with Crippen LogP contribution in [0, 0.1) is 5.82 Å². The predicted octanol–water partition coefficient (Wildman–Crippen LogP) is 3.58. The van der Waals surface area contributed by atoms with Gasteiger partial charge in [-0.2, -0.15) is 4.68 Å². The average molecular weight is 413 g/mol. The summed E-state index contributed by atoms with van der Waals surface area (Å²) >= 11 is 6.85. The van der Waals surface area contributed by atoms with Crippen molar-refractivity contribution >= 4 is 37.5 Å². The monoisotopic (exact) mass is 411 g/mol. The van der Waals surface area contributed by atoms with Crippen LogP contribution >= 0.6 is 31.9 Å². The second kappa shape index (κ2) is 5.53. The minimum Gasteiger partial charge on any atom is -0.396 e. The smallest absolute Gasteiger partial charge is 0.187 e. The summed E-state index contributed by atoms with van der Waals surface area (Å²) in [5.41, 5.74) is 6.86. The number of halogens is 3. The third-order valence-electron chi connectivity index (χ3n) is 2.87. The lowest BCUT2D eigenvalue weighted by Crippen LogP contribution is -2.01. The lowest BCUT2D eigenvalue weighted by atomic mass is 10.2. The minimum absolute atomic E-state index is 0.0857. The fraction of sp³-hybridized carbons (Fsp3) is 0. The van der Waals surface area contributed by atoms with Crippen molar-refractivity contribution in [2.24, 2.45) is 0 Å². The molecule has 0 aliphatic carbocycles. The van der Waals surface area contributed by atoms with Gasteiger partial charge < -0.3 is 5.73 Å². The number of nitrogens with zero attached hydrogens (tertiary/aromatic N) is 4. The highest BCUT2D eigenvalue weighted by Crippen LogP contribution is 2.28. The van der Waals surface area contributed by atoms with Crippen LogP contribution in [0.15, 0.2) is 45.3 Å². The summed E-state index contributed by atoms with van der Waals surface area (Å²) in [4.78, 5) is 0. The number of rotatable bonds is 2. The first-order valence-electron chi connectivity index (χ1n) is 5.85. The van der Waals surface area contributed by atoms with Crippen molar-refractivity contribution in [2.45, 2.75) is 0 Å². The van der Waals surface area contributed by atoms with Gasteiger partial charge in [-0.25, -0.2) is 4.39 Å². The van der Waals surface area contributed by atoms with Crippen LogP contribution in [0.2, 0.25) is 0 Å². The molecule has 0 aliphatic rings. The summed E-state index contributed by atoms with van der Waals surface area (Å²) in [6.45, 7) is 0. The molecule has 106 valence electrons. The van der Waals surface area contributed by atoms with Gasteiger partial charge in [0.2, 0.25) is 0 Å². The maximum absolute atomic E-state index is 13.6. The Labute approximate surface area is 136 Å². The molecule has 0 saturated heterocycles. The van der Waals surface area contributed by atoms with Crippen molar-refractivity contribution < 1.29 is 4.39 Å². The maximum Gasteiger partial charge on any atom is 0.187 e. The zero-order valence-corrected chi connectivity index (χ0v) is 13.6. The molecule has 8 heteroatoms. The van der Waals surface area contributed by atoms with E-state index in [4.69, 9.17) is 5.73 Å². The average Bonchev–Trinajstić information content (AvgIpc) is 2.91. The Morgan fingerprint density at radius 2 is 1.90 bits per heavy atom. The maximum atomic E-state index is 13.6. The van der Waals surface area contributed by atoms with Gasteiger partial charge in [0, 0.05) is 14.5 Å². The molecule has 3 rings (SSSR count). The van der Waals surface area contributed by atoms with Gasteiger partial charge in [0.15, 0.2) is 5.82 Å². The molecule has 0 aliphatic heterocycles. The van der Waals surface area contributed by atoms with Crippen molar-refractivity contribution in [3.8, 4) is 17.1 Å². The molecule has 2 aromatic carbocycles. The lowest BCUT2D eigenvalue weighted by molar-refractivity contribution is 0.632. The molecule has 0 unspecified atom stereocenters. The van der Waals surface area contributed by atoms with E-state index in [9.17, 15) is 4.39 Å². The fourth-order valence-corrected chi connectivity index (χ4v) is 3.06. The lowest BCUT2D eigenvalue weighted by Gasteiger charge is -2.08. The highest BCUT2D eigenvalue weighted by atomic mass is 79.9. The number of nitrogen functional groups attached to an aromatic ring is 1. The van der Waals surface area contributed by atoms with Crippen LogP contribution in [0.3, 0.4) is 0 Å². The number of anilines is 1. The Hall–Kier alpha value is -1.80. The van der Waals surface area contributed by atoms with Gasteiger partial charge in [0.25, 0.3) is 0 Å². The Morgan fingerprint density at radius 1 is 1.10 bits per heavy atom. The zero-order valence-electron chi connectivity index (χ0n) is 10.5. The van der Waals surface area contributed by atoms with E-state index in [1.807, 2.05) is 18.2 Å². The van der Waals surface area contributed by atoms with Crippen LogP contribution in [0.1, 0.15) is 0 Å². The third-order valence-corrected chi connectivity index (χ3v) is 3.99. The number of benzene rings is 2. The molecule has 0 atom stereocenters. The van der Waals surface area contributed by atoms with Crippen LogP contribution in [-0.2, 0) is 0 Å². The molecule has 3 aromatic rings. The normalized spacial score (nSPS) is 10.8. The summed E-state index contributed by atoms with van der Waals surface area (Å²) in [5.74, 6) is -0.0751. The first kappa shape index (κ1) is 14.2. The topological polar surface area (TPSA) is 69.6 Å². The van der Waals surface area contributed by atoms with Crippen LogP contribution in [0.4, 0.5) is 10.1 Å². The third kappa shape index (κ3) is 2.68. The molecular weight excluding hydrogens is 405 g/mol. The van der Waals surface area contributed by atoms with Crippen LogP contribution in [-0.4, -0.2) is 20.2 Å². The van der Waals surface area contributed by atoms with Gasteiger partial charge in [0.1, 0.15) is 5.82 Å². The zero-order chi connectivity index (χ0) is 15.0. The Balaban J connectivity index is 2.14. The molecule has 21 heavy (non-hydrogen) atoms. The van der Waals surface area contributed by atoms with Crippen LogP contribution < -0.4 is 5.73 Å². The molecule has 0 radical (unpaired) electrons. The summed E-state index contributed by atoms with van der Waals surface area (Å²) in [6, 6.07) is 10.1. The van der Waals surface area contributed by atoms with Gasteiger partial charge in [-0.1, -0.05) is 15.9 Å². The molecule has 2 N–H and O–H groups in total. The van der Waals surface area contributed by atoms with Gasteiger partial charge in [0.05, 0.1) is 11.4 Å². The van der Waals surface area contributed by atoms with E-state index in [-0.39, 0.29) is 5.69 Å². The second-order valence-electron chi connectivity index (χ2n) is 4.25. The van der Waals surface area contributed by atoms with Crippen LogP contribution in [0.25, 0.3) is 17.1 Å². The largest absolute Gasteiger partial charge is 0.396 e. The number of tetrazole rings is 1. The number of hydrogen-bond acceptors (Lipinski definition) is 4. The van der Waals surface area contributed by atoms with Crippen molar-refractivity contribution in [2.75, 3.05) is 5.73 Å². The molecule has 0 fully saturated rings. The van der Waals surface area contributed by atoms with E-state index >= 15 is 0 Å². The summed E-state index contributed by atoms with van der Waals surface area (Å²) < 4.78 is 16.9. The van der Waals surface area contributed by atoms with Crippen molar-refractivity contribution in [1.29, 1.82) is 0 Å². The standard InChI is InChI=1S/C13H8Br2FN5/c14-8-2-4-12(9(15)6-8)21-13(18-19-20-21)7-1-3-11(17)10(16)5-7/h1-6H,17H2. The highest BCUT2D eigenvalue weighted by Gasteiger charge is 2.14. The Kier molecular flexibility index (Phi) is 3.73. The van der Waals surface area contributed by atoms with Gasteiger partial charge in [-0.15, -0.1) is 5.10 Å². The summed E-state index contributed by atoms with van der Waals surface area (Å²) in [7, 11) is 0. The summed E-state index contributed by atoms with van der Waals surface area (Å²) in [5, 5.41) is 11.6. The van der Waals surface area contributed by atoms with E-state index in [0.717, 1.165) is 14.6 Å². The highest BCUT2D eigenvalue weighted by molar-refractivity contribution is 9.11. The van der Waals surface area contributed by atoms with E-state index < -0.39 is 5.82 Å². The Morgan fingerprint density at radius 3 is 2.62 bits per heavy atom. The fourth-order valence-electron chi connectivity index (χ4n) is 1.85. The second-order valence-corrected chi connectivity index (χ2v) is 6.02. The molecule has 1 heterocycles. The van der Waals surface area contributed by atoms with E-state index in [0.29, 0.717) is 11.4 Å². The Bertz CT molecular complexity index is 818. The quantitative estimate of drug-likeness (QED) is 0.653. The number of hydrogen-bond donors (Lipinski definition) is 1. The van der Waals surface area contributed by atoms with Crippen molar-refractivity contribution in [1.82, 2.24) is 20.2 Å². The number of nitrogens with two attached hydrogens (primary N) is 1. The molecule has 0 saturated carbocycles. The molecule has 0 amide bonds. The predicted molar refractivity (Wildman–Crippen MR) is 84.4 cm³/mol. The van der Waals surface area contributed by atoms with E-state index in [2.05, 4.69) is 47.4 Å². The van der Waals surface area contributed by atoms with Crippen LogP contribution in [0.5, 0.6) is 0 Å². The molecule has 0 spiro atoms. The van der Waals surface area contributed by atoms with E-state index in [1.165, 1.54) is 16.8 Å². The van der Waals surface area contributed by atoms with Gasteiger partial charge in [-0.05, 0) is 62.8 Å². The summed E-state index contributed by atoms with van der Waals surface area (Å²) in [6.07, 6.45) is 0. The van der Waals surface area contributed by atoms with Crippen molar-refractivity contribution in [3.63, 3.8) is 0 Å². The van der Waals surface area contributed by atoms with Gasteiger partial charge >= 0.3 is 0 Å². The first-order chi connectivity index (χ1) is 10.1. The van der Waals surface area contributed by atoms with Gasteiger partial charge in [-0.3, -0.25) is 0 Å². The minimum atomic E-state index is -0.503. The van der Waals surface area contributed by atoms with E-state index in [1.54, 1.807) is 6.07 Å². The molecule has 0 bridgehead atoms. The molecular formula is C13H8Br2FN5. The molecule has 5 nitrogen and oxygen atoms in total.